The molecular formula is C25H32N2O. The Morgan fingerprint density at radius 1 is 0.821 bits per heavy atom. The van der Waals surface area contributed by atoms with Gasteiger partial charge in [0.05, 0.1) is 0 Å². The normalized spacial score (nSPS) is 16.6. The molecule has 1 atom stereocenters. The molecule has 0 aliphatic heterocycles. The van der Waals surface area contributed by atoms with Gasteiger partial charge in [-0.05, 0) is 65.8 Å². The van der Waals surface area contributed by atoms with E-state index in [0.717, 1.165) is 12.8 Å². The fraction of sp³-hybridized carbons (Fsp3) is 0.360. The Morgan fingerprint density at radius 3 is 1.93 bits per heavy atom. The minimum atomic E-state index is 0.0241. The summed E-state index contributed by atoms with van der Waals surface area (Å²) in [4.78, 5) is 4.24. The van der Waals surface area contributed by atoms with Crippen LogP contribution in [0, 0.1) is 0 Å². The Morgan fingerprint density at radius 2 is 1.39 bits per heavy atom. The van der Waals surface area contributed by atoms with Crippen molar-refractivity contribution in [2.75, 3.05) is 45.1 Å². The molecule has 28 heavy (non-hydrogen) atoms. The Labute approximate surface area is 169 Å². The number of anilines is 2. The number of nitrogens with zero attached hydrogens (tertiary/aromatic N) is 2. The fourth-order valence-corrected chi connectivity index (χ4v) is 3.73. The van der Waals surface area contributed by atoms with E-state index in [4.69, 9.17) is 4.74 Å². The molecule has 3 heteroatoms. The predicted molar refractivity (Wildman–Crippen MR) is 121 cm³/mol. The Balaban J connectivity index is 1.82. The van der Waals surface area contributed by atoms with Crippen molar-refractivity contribution in [2.24, 2.45) is 0 Å². The van der Waals surface area contributed by atoms with Crippen LogP contribution in [-0.2, 0) is 4.74 Å². The van der Waals surface area contributed by atoms with Gasteiger partial charge in [0.1, 0.15) is 6.10 Å². The third-order valence-electron chi connectivity index (χ3n) is 5.35. The van der Waals surface area contributed by atoms with Crippen molar-refractivity contribution in [3.05, 3.63) is 76.9 Å². The zero-order chi connectivity index (χ0) is 20.1. The van der Waals surface area contributed by atoms with Crippen molar-refractivity contribution in [3.63, 3.8) is 0 Å². The molecule has 0 bridgehead atoms. The molecule has 2 aromatic rings. The van der Waals surface area contributed by atoms with Gasteiger partial charge in [-0.3, -0.25) is 0 Å². The van der Waals surface area contributed by atoms with Crippen LogP contribution in [0.25, 0.3) is 6.08 Å². The summed E-state index contributed by atoms with van der Waals surface area (Å²) in [5, 5.41) is 0. The van der Waals surface area contributed by atoms with Gasteiger partial charge >= 0.3 is 0 Å². The van der Waals surface area contributed by atoms with Gasteiger partial charge in [0, 0.05) is 46.7 Å². The Bertz CT molecular complexity index is 830. The van der Waals surface area contributed by atoms with Crippen LogP contribution < -0.4 is 9.80 Å². The smallest absolute Gasteiger partial charge is 0.103 e. The van der Waals surface area contributed by atoms with E-state index < -0.39 is 0 Å². The van der Waals surface area contributed by atoms with Gasteiger partial charge in [0.2, 0.25) is 0 Å². The lowest BCUT2D eigenvalue weighted by atomic mass is 9.88. The highest BCUT2D eigenvalue weighted by Gasteiger charge is 2.19. The molecule has 3 nitrogen and oxygen atoms in total. The van der Waals surface area contributed by atoms with Crippen LogP contribution in [0.5, 0.6) is 0 Å². The van der Waals surface area contributed by atoms with Gasteiger partial charge in [0.25, 0.3) is 0 Å². The minimum absolute atomic E-state index is 0.0241. The van der Waals surface area contributed by atoms with E-state index in [1.54, 1.807) is 0 Å². The van der Waals surface area contributed by atoms with Gasteiger partial charge in [-0.1, -0.05) is 36.4 Å². The molecule has 1 aliphatic carbocycles. The number of hydrogen-bond donors (Lipinski definition) is 0. The quantitative estimate of drug-likeness (QED) is 0.643. The van der Waals surface area contributed by atoms with Crippen molar-refractivity contribution in [1.82, 2.24) is 0 Å². The van der Waals surface area contributed by atoms with Crippen molar-refractivity contribution in [3.8, 4) is 0 Å². The van der Waals surface area contributed by atoms with E-state index >= 15 is 0 Å². The van der Waals surface area contributed by atoms with Crippen molar-refractivity contribution in [2.45, 2.75) is 25.4 Å². The highest BCUT2D eigenvalue weighted by atomic mass is 16.5. The fourth-order valence-electron chi connectivity index (χ4n) is 3.73. The summed E-state index contributed by atoms with van der Waals surface area (Å²) in [7, 11) is 10.1. The molecule has 148 valence electrons. The number of benzene rings is 2. The number of methoxy groups -OCH3 is 1. The summed E-state index contributed by atoms with van der Waals surface area (Å²) in [6, 6.07) is 17.4. The summed E-state index contributed by atoms with van der Waals surface area (Å²) in [6.45, 7) is 0. The second-order valence-corrected chi connectivity index (χ2v) is 7.88. The van der Waals surface area contributed by atoms with E-state index in [1.165, 1.54) is 40.1 Å². The molecule has 1 unspecified atom stereocenters. The Hall–Kier alpha value is -2.52. The number of rotatable bonds is 6. The van der Waals surface area contributed by atoms with Crippen LogP contribution in [0.15, 0.2) is 65.8 Å². The monoisotopic (exact) mass is 376 g/mol. The molecule has 3 rings (SSSR count). The molecule has 2 aromatic carbocycles. The van der Waals surface area contributed by atoms with Gasteiger partial charge in [0.15, 0.2) is 0 Å². The largest absolute Gasteiger partial charge is 0.378 e. The van der Waals surface area contributed by atoms with Crippen LogP contribution in [-0.4, -0.2) is 35.3 Å². The highest BCUT2D eigenvalue weighted by molar-refractivity contribution is 5.60. The summed E-state index contributed by atoms with van der Waals surface area (Å²) < 4.78 is 5.90. The third-order valence-corrected chi connectivity index (χ3v) is 5.35. The van der Waals surface area contributed by atoms with E-state index in [-0.39, 0.29) is 6.10 Å². The van der Waals surface area contributed by atoms with E-state index in [1.807, 2.05) is 7.11 Å². The lowest BCUT2D eigenvalue weighted by molar-refractivity contribution is 0.129. The SMILES string of the molecule is COC(C1=CC(=Cc2ccc(N(C)C)cc2)CCC1)c1ccc(N(C)C)cc1. The standard InChI is InChI=1S/C25H32N2O/c1-26(2)23-13-9-19(10-14-23)17-20-7-6-8-22(18-20)25(28-5)21-11-15-24(16-12-21)27(3)4/h9-18,25H,6-8H2,1-5H3. The third kappa shape index (κ3) is 4.85. The van der Waals surface area contributed by atoms with E-state index in [2.05, 4.69) is 98.7 Å². The zero-order valence-corrected chi connectivity index (χ0v) is 17.8. The zero-order valence-electron chi connectivity index (χ0n) is 17.8. The second kappa shape index (κ2) is 9.11. The lowest BCUT2D eigenvalue weighted by Crippen LogP contribution is -2.11. The molecule has 0 aromatic heterocycles. The van der Waals surface area contributed by atoms with Crippen molar-refractivity contribution in [1.29, 1.82) is 0 Å². The van der Waals surface area contributed by atoms with Gasteiger partial charge in [-0.2, -0.15) is 0 Å². The van der Waals surface area contributed by atoms with Crippen LogP contribution in [0.3, 0.4) is 0 Å². The van der Waals surface area contributed by atoms with Crippen LogP contribution in [0.1, 0.15) is 36.5 Å². The van der Waals surface area contributed by atoms with Gasteiger partial charge in [-0.15, -0.1) is 0 Å². The lowest BCUT2D eigenvalue weighted by Gasteiger charge is -2.24. The van der Waals surface area contributed by atoms with Crippen LogP contribution in [0.4, 0.5) is 11.4 Å². The van der Waals surface area contributed by atoms with Crippen molar-refractivity contribution >= 4 is 17.5 Å². The van der Waals surface area contributed by atoms with E-state index in [9.17, 15) is 0 Å². The molecule has 0 N–H and O–H groups in total. The Kier molecular flexibility index (Phi) is 6.58. The summed E-state index contributed by atoms with van der Waals surface area (Å²) in [5.74, 6) is 0. The predicted octanol–water partition coefficient (Wildman–Crippen LogP) is 5.70. The van der Waals surface area contributed by atoms with Gasteiger partial charge < -0.3 is 14.5 Å². The van der Waals surface area contributed by atoms with Crippen molar-refractivity contribution < 1.29 is 4.74 Å². The molecule has 0 heterocycles. The maximum atomic E-state index is 5.90. The highest BCUT2D eigenvalue weighted by Crippen LogP contribution is 2.35. The molecule has 0 saturated heterocycles. The summed E-state index contributed by atoms with van der Waals surface area (Å²) >= 11 is 0. The minimum Gasteiger partial charge on any atom is -0.378 e. The summed E-state index contributed by atoms with van der Waals surface area (Å²) in [5.41, 5.74) is 7.65. The first kappa shape index (κ1) is 20.2. The summed E-state index contributed by atoms with van der Waals surface area (Å²) in [6.07, 6.45) is 8.05. The average Bonchev–Trinajstić information content (AvgIpc) is 2.70. The second-order valence-electron chi connectivity index (χ2n) is 7.88. The van der Waals surface area contributed by atoms with Crippen LogP contribution >= 0.6 is 0 Å². The molecule has 0 fully saturated rings. The maximum absolute atomic E-state index is 5.90. The molecular weight excluding hydrogens is 344 g/mol. The first-order valence-electron chi connectivity index (χ1n) is 9.96. The van der Waals surface area contributed by atoms with Crippen LogP contribution in [0.2, 0.25) is 0 Å². The number of allylic oxidation sites excluding steroid dienone is 2. The molecule has 0 radical (unpaired) electrons. The molecule has 0 amide bonds. The molecule has 0 spiro atoms. The number of hydrogen-bond acceptors (Lipinski definition) is 3. The van der Waals surface area contributed by atoms with E-state index in [0.29, 0.717) is 0 Å². The average molecular weight is 377 g/mol. The first-order valence-corrected chi connectivity index (χ1v) is 9.96. The molecule has 1 aliphatic rings. The first-order chi connectivity index (χ1) is 13.5. The molecule has 0 saturated carbocycles. The van der Waals surface area contributed by atoms with Gasteiger partial charge in [-0.25, -0.2) is 0 Å². The number of ether oxygens (including phenoxy) is 1. The maximum Gasteiger partial charge on any atom is 0.103 e. The topological polar surface area (TPSA) is 15.7 Å².